The number of hydrogen-bond donors (Lipinski definition) is 2. The van der Waals surface area contributed by atoms with Crippen LogP contribution < -0.4 is 5.32 Å². The van der Waals surface area contributed by atoms with E-state index in [1.165, 1.54) is 32.1 Å². The average molecular weight is 241 g/mol. The molecule has 0 aromatic rings. The normalized spacial score (nSPS) is 18.2. The maximum absolute atomic E-state index is 11.7. The van der Waals surface area contributed by atoms with E-state index in [2.05, 4.69) is 5.32 Å². The molecule has 2 N–H and O–H groups in total. The third-order valence-corrected chi connectivity index (χ3v) is 3.83. The zero-order chi connectivity index (χ0) is 12.5. The van der Waals surface area contributed by atoms with Crippen LogP contribution in [0.15, 0.2) is 0 Å². The zero-order valence-electron chi connectivity index (χ0n) is 11.1. The van der Waals surface area contributed by atoms with Crippen molar-refractivity contribution in [2.24, 2.45) is 5.92 Å². The first-order valence-corrected chi connectivity index (χ1v) is 7.16. The molecule has 1 unspecified atom stereocenters. The summed E-state index contributed by atoms with van der Waals surface area (Å²) < 4.78 is 0. The molecule has 100 valence electrons. The largest absolute Gasteiger partial charge is 0.396 e. The molecule has 1 atom stereocenters. The van der Waals surface area contributed by atoms with Crippen LogP contribution in [0.5, 0.6) is 0 Å². The topological polar surface area (TPSA) is 49.3 Å². The van der Waals surface area contributed by atoms with E-state index in [0.717, 1.165) is 18.8 Å². The van der Waals surface area contributed by atoms with E-state index in [4.69, 9.17) is 5.11 Å². The smallest absolute Gasteiger partial charge is 0.220 e. The predicted octanol–water partition coefficient (Wildman–Crippen LogP) is 2.62. The lowest BCUT2D eigenvalue weighted by Gasteiger charge is -2.16. The highest BCUT2D eigenvalue weighted by Gasteiger charge is 2.15. The first kappa shape index (κ1) is 14.5. The van der Waals surface area contributed by atoms with Gasteiger partial charge in [0, 0.05) is 19.1 Å². The van der Waals surface area contributed by atoms with Gasteiger partial charge in [-0.2, -0.15) is 0 Å². The fraction of sp³-hybridized carbons (Fsp3) is 0.929. The van der Waals surface area contributed by atoms with E-state index in [1.54, 1.807) is 0 Å². The summed E-state index contributed by atoms with van der Waals surface area (Å²) in [5.74, 6) is 1.03. The molecule has 1 rings (SSSR count). The summed E-state index contributed by atoms with van der Waals surface area (Å²) in [4.78, 5) is 11.7. The quantitative estimate of drug-likeness (QED) is 0.686. The minimum atomic E-state index is 0.152. The van der Waals surface area contributed by atoms with Crippen LogP contribution in [0.25, 0.3) is 0 Å². The van der Waals surface area contributed by atoms with E-state index in [9.17, 15) is 4.79 Å². The summed E-state index contributed by atoms with van der Waals surface area (Å²) in [6, 6.07) is 0.152. The summed E-state index contributed by atoms with van der Waals surface area (Å²) in [6.45, 7) is 2.19. The number of rotatable bonds is 8. The van der Waals surface area contributed by atoms with Crippen LogP contribution in [-0.2, 0) is 4.79 Å². The van der Waals surface area contributed by atoms with Gasteiger partial charge in [-0.15, -0.1) is 0 Å². The molecule has 0 heterocycles. The van der Waals surface area contributed by atoms with Crippen LogP contribution in [0.2, 0.25) is 0 Å². The van der Waals surface area contributed by atoms with Gasteiger partial charge in [0.1, 0.15) is 0 Å². The summed E-state index contributed by atoms with van der Waals surface area (Å²) in [6.07, 6.45) is 9.94. The first-order chi connectivity index (χ1) is 8.26. The van der Waals surface area contributed by atoms with Crippen LogP contribution in [0.1, 0.15) is 64.7 Å². The maximum Gasteiger partial charge on any atom is 0.220 e. The van der Waals surface area contributed by atoms with Gasteiger partial charge in [-0.3, -0.25) is 4.79 Å². The Bertz CT molecular complexity index is 212. The molecule has 1 aliphatic carbocycles. The summed E-state index contributed by atoms with van der Waals surface area (Å²) >= 11 is 0. The second-order valence-electron chi connectivity index (χ2n) is 5.23. The molecular weight excluding hydrogens is 214 g/mol. The summed E-state index contributed by atoms with van der Waals surface area (Å²) in [5.41, 5.74) is 0. The molecule has 3 nitrogen and oxygen atoms in total. The minimum absolute atomic E-state index is 0.152. The second-order valence-corrected chi connectivity index (χ2v) is 5.23. The van der Waals surface area contributed by atoms with Gasteiger partial charge in [0.2, 0.25) is 5.91 Å². The maximum atomic E-state index is 11.7. The van der Waals surface area contributed by atoms with Gasteiger partial charge in [0.05, 0.1) is 0 Å². The number of hydrogen-bond acceptors (Lipinski definition) is 2. The third kappa shape index (κ3) is 6.06. The van der Waals surface area contributed by atoms with Gasteiger partial charge in [-0.1, -0.05) is 32.6 Å². The van der Waals surface area contributed by atoms with Crippen molar-refractivity contribution < 1.29 is 9.90 Å². The van der Waals surface area contributed by atoms with E-state index in [-0.39, 0.29) is 18.6 Å². The molecule has 17 heavy (non-hydrogen) atoms. The molecular formula is C14H27NO2. The molecule has 1 fully saturated rings. The molecule has 3 heteroatoms. The van der Waals surface area contributed by atoms with Crippen molar-refractivity contribution in [2.45, 2.75) is 70.8 Å². The van der Waals surface area contributed by atoms with Crippen molar-refractivity contribution >= 4 is 5.91 Å². The number of carbonyl (C=O) groups excluding carboxylic acids is 1. The number of aliphatic hydroxyl groups excluding tert-OH is 1. The highest BCUT2D eigenvalue weighted by atomic mass is 16.3. The Labute approximate surface area is 105 Å². The predicted molar refractivity (Wildman–Crippen MR) is 69.7 cm³/mol. The highest BCUT2D eigenvalue weighted by Crippen LogP contribution is 2.28. The SMILES string of the molecule is CCC(CCO)NC(=O)CCCC1CCCC1. The average Bonchev–Trinajstić information content (AvgIpc) is 2.81. The third-order valence-electron chi connectivity index (χ3n) is 3.83. The van der Waals surface area contributed by atoms with E-state index in [1.807, 2.05) is 6.92 Å². The molecule has 0 aromatic heterocycles. The van der Waals surface area contributed by atoms with Gasteiger partial charge < -0.3 is 10.4 Å². The molecule has 0 saturated heterocycles. The second kappa shape index (κ2) is 8.51. The molecule has 1 aliphatic rings. The fourth-order valence-electron chi connectivity index (χ4n) is 2.68. The fourth-order valence-corrected chi connectivity index (χ4v) is 2.68. The molecule has 0 aromatic carbocycles. The van der Waals surface area contributed by atoms with Crippen LogP contribution in [0.3, 0.4) is 0 Å². The molecule has 0 aliphatic heterocycles. The number of carbonyl (C=O) groups is 1. The van der Waals surface area contributed by atoms with Crippen LogP contribution in [-0.4, -0.2) is 23.7 Å². The number of aliphatic hydroxyl groups is 1. The monoisotopic (exact) mass is 241 g/mol. The molecule has 0 spiro atoms. The van der Waals surface area contributed by atoms with Crippen LogP contribution >= 0.6 is 0 Å². The van der Waals surface area contributed by atoms with Crippen LogP contribution in [0, 0.1) is 5.92 Å². The Balaban J connectivity index is 2.06. The lowest BCUT2D eigenvalue weighted by Crippen LogP contribution is -2.34. The zero-order valence-corrected chi connectivity index (χ0v) is 11.1. The van der Waals surface area contributed by atoms with Crippen molar-refractivity contribution in [2.75, 3.05) is 6.61 Å². The first-order valence-electron chi connectivity index (χ1n) is 7.16. The Morgan fingerprint density at radius 3 is 2.71 bits per heavy atom. The van der Waals surface area contributed by atoms with Crippen molar-refractivity contribution in [1.29, 1.82) is 0 Å². The summed E-state index contributed by atoms with van der Waals surface area (Å²) in [5, 5.41) is 11.8. The lowest BCUT2D eigenvalue weighted by molar-refractivity contribution is -0.122. The van der Waals surface area contributed by atoms with E-state index in [0.29, 0.717) is 12.8 Å². The lowest BCUT2D eigenvalue weighted by atomic mass is 10.0. The van der Waals surface area contributed by atoms with Gasteiger partial charge >= 0.3 is 0 Å². The van der Waals surface area contributed by atoms with Gasteiger partial charge in [-0.05, 0) is 31.6 Å². The molecule has 0 radical (unpaired) electrons. The van der Waals surface area contributed by atoms with Crippen LogP contribution in [0.4, 0.5) is 0 Å². The Morgan fingerprint density at radius 2 is 2.12 bits per heavy atom. The highest BCUT2D eigenvalue weighted by molar-refractivity contribution is 5.76. The Kier molecular flexibility index (Phi) is 7.25. The minimum Gasteiger partial charge on any atom is -0.396 e. The summed E-state index contributed by atoms with van der Waals surface area (Å²) in [7, 11) is 0. The standard InChI is InChI=1S/C14H27NO2/c1-2-13(10-11-16)15-14(17)9-5-8-12-6-3-4-7-12/h12-13,16H,2-11H2,1H3,(H,15,17). The number of nitrogens with one attached hydrogen (secondary N) is 1. The number of amides is 1. The van der Waals surface area contributed by atoms with Crippen molar-refractivity contribution in [3.05, 3.63) is 0 Å². The van der Waals surface area contributed by atoms with Gasteiger partial charge in [-0.25, -0.2) is 0 Å². The van der Waals surface area contributed by atoms with E-state index < -0.39 is 0 Å². The van der Waals surface area contributed by atoms with Gasteiger partial charge in [0.25, 0.3) is 0 Å². The Hall–Kier alpha value is -0.570. The Morgan fingerprint density at radius 1 is 1.41 bits per heavy atom. The van der Waals surface area contributed by atoms with Crippen molar-refractivity contribution in [1.82, 2.24) is 5.32 Å². The molecule has 1 amide bonds. The molecule has 1 saturated carbocycles. The van der Waals surface area contributed by atoms with Crippen molar-refractivity contribution in [3.63, 3.8) is 0 Å². The van der Waals surface area contributed by atoms with Gasteiger partial charge in [0.15, 0.2) is 0 Å². The van der Waals surface area contributed by atoms with Crippen molar-refractivity contribution in [3.8, 4) is 0 Å². The molecule has 0 bridgehead atoms. The van der Waals surface area contributed by atoms with E-state index >= 15 is 0 Å².